The Bertz CT molecular complexity index is 442. The molecule has 0 atom stereocenters. The molecule has 0 saturated carbocycles. The Labute approximate surface area is 91.4 Å². The summed E-state index contributed by atoms with van der Waals surface area (Å²) < 4.78 is 0. The van der Waals surface area contributed by atoms with E-state index in [9.17, 15) is 5.11 Å². The first kappa shape index (κ1) is 9.79. The maximum Gasteiger partial charge on any atom is 0.182 e. The lowest BCUT2D eigenvalue weighted by molar-refractivity contribution is 0.477. The number of phenolic OH excluding ortho intramolecular Hbond substituents is 1. The summed E-state index contributed by atoms with van der Waals surface area (Å²) in [5, 5.41) is 15.3. The third-order valence-corrected chi connectivity index (χ3v) is 2.70. The van der Waals surface area contributed by atoms with E-state index in [0.29, 0.717) is 12.2 Å². The zero-order chi connectivity index (χ0) is 10.7. The van der Waals surface area contributed by atoms with Gasteiger partial charge in [0.25, 0.3) is 0 Å². The second-order valence-electron chi connectivity index (χ2n) is 3.08. The highest BCUT2D eigenvalue weighted by molar-refractivity contribution is 7.13. The molecule has 4 N–H and O–H groups in total. The number of thiazole rings is 1. The molecule has 0 spiro atoms. The Morgan fingerprint density at radius 3 is 3.00 bits per heavy atom. The quantitative estimate of drug-likeness (QED) is 0.548. The van der Waals surface area contributed by atoms with Crippen LogP contribution in [0, 0.1) is 0 Å². The molecule has 1 aromatic carbocycles. The molecule has 0 aliphatic carbocycles. The van der Waals surface area contributed by atoms with E-state index in [-0.39, 0.29) is 5.75 Å². The highest BCUT2D eigenvalue weighted by Gasteiger charge is 1.99. The van der Waals surface area contributed by atoms with Crippen LogP contribution in [0.15, 0.2) is 29.8 Å². The van der Waals surface area contributed by atoms with Crippen LogP contribution in [0.5, 0.6) is 5.75 Å². The molecule has 2 aromatic rings. The van der Waals surface area contributed by atoms with Crippen LogP contribution in [-0.2, 0) is 6.54 Å². The number of aromatic nitrogens is 1. The summed E-state index contributed by atoms with van der Waals surface area (Å²) in [7, 11) is 0. The predicted molar refractivity (Wildman–Crippen MR) is 62.0 cm³/mol. The van der Waals surface area contributed by atoms with Crippen LogP contribution in [0.25, 0.3) is 0 Å². The van der Waals surface area contributed by atoms with Crippen molar-refractivity contribution in [3.05, 3.63) is 35.3 Å². The number of nitrogens with two attached hydrogens (primary N) is 1. The van der Waals surface area contributed by atoms with E-state index >= 15 is 0 Å². The first-order chi connectivity index (χ1) is 7.25. The summed E-state index contributed by atoms with van der Waals surface area (Å²) >= 11 is 1.54. The molecule has 0 amide bonds. The fourth-order valence-electron chi connectivity index (χ4n) is 1.19. The van der Waals surface area contributed by atoms with Crippen LogP contribution in [0.3, 0.4) is 0 Å². The van der Waals surface area contributed by atoms with Gasteiger partial charge in [-0.05, 0) is 17.7 Å². The number of rotatable bonds is 3. The predicted octanol–water partition coefficient (Wildman–Crippen LogP) is 2.04. The summed E-state index contributed by atoms with van der Waals surface area (Å²) in [6.45, 7) is 0.626. The van der Waals surface area contributed by atoms with Crippen LogP contribution in [-0.4, -0.2) is 10.1 Å². The van der Waals surface area contributed by atoms with Crippen molar-refractivity contribution < 1.29 is 5.11 Å². The first-order valence-corrected chi connectivity index (χ1v) is 5.34. The van der Waals surface area contributed by atoms with Crippen LogP contribution < -0.4 is 11.1 Å². The average Bonchev–Trinajstić information content (AvgIpc) is 2.73. The largest absolute Gasteiger partial charge is 0.506 e. The minimum absolute atomic E-state index is 0.119. The normalized spacial score (nSPS) is 10.1. The van der Waals surface area contributed by atoms with E-state index in [4.69, 9.17) is 5.73 Å². The van der Waals surface area contributed by atoms with Crippen molar-refractivity contribution in [2.45, 2.75) is 6.54 Å². The van der Waals surface area contributed by atoms with Gasteiger partial charge in [-0.2, -0.15) is 0 Å². The number of hydrogen-bond donors (Lipinski definition) is 3. The molecule has 0 unspecified atom stereocenters. The molecular weight excluding hydrogens is 210 g/mol. The standard InChI is InChI=1S/C10H11N3OS/c11-8-2-1-7(5-9(8)14)6-13-10-12-3-4-15-10/h1-5,14H,6,11H2,(H,12,13). The molecule has 4 nitrogen and oxygen atoms in total. The molecule has 15 heavy (non-hydrogen) atoms. The fourth-order valence-corrected chi connectivity index (χ4v) is 1.72. The topological polar surface area (TPSA) is 71.2 Å². The minimum Gasteiger partial charge on any atom is -0.506 e. The Morgan fingerprint density at radius 2 is 2.33 bits per heavy atom. The second kappa shape index (κ2) is 4.18. The Morgan fingerprint density at radius 1 is 1.47 bits per heavy atom. The van der Waals surface area contributed by atoms with Gasteiger partial charge < -0.3 is 16.2 Å². The van der Waals surface area contributed by atoms with E-state index in [2.05, 4.69) is 10.3 Å². The van der Waals surface area contributed by atoms with Gasteiger partial charge in [-0.1, -0.05) is 6.07 Å². The lowest BCUT2D eigenvalue weighted by Crippen LogP contribution is -1.99. The Kier molecular flexibility index (Phi) is 2.73. The van der Waals surface area contributed by atoms with Gasteiger partial charge in [-0.15, -0.1) is 11.3 Å². The Hall–Kier alpha value is -1.75. The van der Waals surface area contributed by atoms with Crippen LogP contribution in [0.4, 0.5) is 10.8 Å². The average molecular weight is 221 g/mol. The summed E-state index contributed by atoms with van der Waals surface area (Å²) in [6, 6.07) is 5.21. The summed E-state index contributed by atoms with van der Waals surface area (Å²) in [5.41, 5.74) is 6.86. The van der Waals surface area contributed by atoms with Crippen LogP contribution in [0.1, 0.15) is 5.56 Å². The van der Waals surface area contributed by atoms with Gasteiger partial charge in [-0.25, -0.2) is 4.98 Å². The fraction of sp³-hybridized carbons (Fsp3) is 0.100. The van der Waals surface area contributed by atoms with Gasteiger partial charge in [0.2, 0.25) is 0 Å². The van der Waals surface area contributed by atoms with Crippen molar-refractivity contribution in [1.29, 1.82) is 0 Å². The van der Waals surface area contributed by atoms with Crippen molar-refractivity contribution >= 4 is 22.2 Å². The maximum absolute atomic E-state index is 9.39. The third-order valence-electron chi connectivity index (χ3n) is 1.97. The van der Waals surface area contributed by atoms with Crippen molar-refractivity contribution in [2.75, 3.05) is 11.1 Å². The lowest BCUT2D eigenvalue weighted by Gasteiger charge is -2.04. The van der Waals surface area contributed by atoms with Crippen molar-refractivity contribution in [1.82, 2.24) is 4.98 Å². The van der Waals surface area contributed by atoms with Gasteiger partial charge in [0.15, 0.2) is 5.13 Å². The summed E-state index contributed by atoms with van der Waals surface area (Å²) in [4.78, 5) is 4.09. The first-order valence-electron chi connectivity index (χ1n) is 4.46. The van der Waals surface area contributed by atoms with Crippen molar-refractivity contribution in [3.63, 3.8) is 0 Å². The van der Waals surface area contributed by atoms with E-state index < -0.39 is 0 Å². The zero-order valence-corrected chi connectivity index (χ0v) is 8.79. The molecule has 0 fully saturated rings. The molecule has 5 heteroatoms. The maximum atomic E-state index is 9.39. The van der Waals surface area contributed by atoms with E-state index in [1.807, 2.05) is 11.4 Å². The number of phenols is 1. The Balaban J connectivity index is 2.02. The SMILES string of the molecule is Nc1ccc(CNc2nccs2)cc1O. The van der Waals surface area contributed by atoms with Gasteiger partial charge >= 0.3 is 0 Å². The smallest absolute Gasteiger partial charge is 0.182 e. The molecule has 78 valence electrons. The number of aromatic hydroxyl groups is 1. The molecule has 0 aliphatic heterocycles. The van der Waals surface area contributed by atoms with Crippen molar-refractivity contribution in [2.24, 2.45) is 0 Å². The second-order valence-corrected chi connectivity index (χ2v) is 3.98. The molecule has 1 aromatic heterocycles. The van der Waals surface area contributed by atoms with Gasteiger partial charge in [0.05, 0.1) is 5.69 Å². The highest BCUT2D eigenvalue weighted by Crippen LogP contribution is 2.21. The number of nitrogen functional groups attached to an aromatic ring is 1. The van der Waals surface area contributed by atoms with E-state index in [1.165, 1.54) is 0 Å². The highest BCUT2D eigenvalue weighted by atomic mass is 32.1. The van der Waals surface area contributed by atoms with Crippen molar-refractivity contribution in [3.8, 4) is 5.75 Å². The molecule has 2 rings (SSSR count). The van der Waals surface area contributed by atoms with Crippen LogP contribution >= 0.6 is 11.3 Å². The van der Waals surface area contributed by atoms with Crippen LogP contribution in [0.2, 0.25) is 0 Å². The number of nitrogens with one attached hydrogen (secondary N) is 1. The third kappa shape index (κ3) is 2.38. The number of benzene rings is 1. The van der Waals surface area contributed by atoms with Gasteiger partial charge in [-0.3, -0.25) is 0 Å². The summed E-state index contributed by atoms with van der Waals surface area (Å²) in [6.07, 6.45) is 1.74. The molecule has 0 aliphatic rings. The number of nitrogens with zero attached hydrogens (tertiary/aromatic N) is 1. The number of anilines is 2. The number of hydrogen-bond acceptors (Lipinski definition) is 5. The zero-order valence-electron chi connectivity index (χ0n) is 7.97. The van der Waals surface area contributed by atoms with E-state index in [0.717, 1.165) is 10.7 Å². The van der Waals surface area contributed by atoms with Gasteiger partial charge in [0, 0.05) is 18.1 Å². The molecule has 0 saturated heterocycles. The molecular formula is C10H11N3OS. The minimum atomic E-state index is 0.119. The lowest BCUT2D eigenvalue weighted by atomic mass is 10.2. The molecule has 0 bridgehead atoms. The van der Waals surface area contributed by atoms with Gasteiger partial charge in [0.1, 0.15) is 5.75 Å². The monoisotopic (exact) mass is 221 g/mol. The summed E-state index contributed by atoms with van der Waals surface area (Å²) in [5.74, 6) is 0.119. The molecule has 0 radical (unpaired) electrons. The molecule has 1 heterocycles. The van der Waals surface area contributed by atoms with E-state index in [1.54, 1.807) is 29.7 Å².